The number of methoxy groups -OCH3 is 1. The molecule has 3 aliphatic rings. The third-order valence-corrected chi connectivity index (χ3v) is 6.78. The Morgan fingerprint density at radius 3 is 2.73 bits per heavy atom. The van der Waals surface area contributed by atoms with Crippen LogP contribution in [0.15, 0.2) is 24.3 Å². The summed E-state index contributed by atoms with van der Waals surface area (Å²) < 4.78 is 5.11. The van der Waals surface area contributed by atoms with Gasteiger partial charge in [-0.3, -0.25) is 9.59 Å². The summed E-state index contributed by atoms with van der Waals surface area (Å²) in [6, 6.07) is 5.50. The number of carbonyl (C=O) groups is 3. The molecule has 0 spiro atoms. The van der Waals surface area contributed by atoms with Gasteiger partial charge in [-0.15, -0.1) is 0 Å². The molecule has 2 aliphatic heterocycles. The van der Waals surface area contributed by atoms with E-state index in [9.17, 15) is 19.5 Å². The lowest BCUT2D eigenvalue weighted by Gasteiger charge is -2.47. The largest absolute Gasteiger partial charge is 0.497 e. The van der Waals surface area contributed by atoms with Crippen molar-refractivity contribution >= 4 is 23.5 Å². The maximum atomic E-state index is 12.7. The van der Waals surface area contributed by atoms with Gasteiger partial charge in [0.05, 0.1) is 18.4 Å². The second-order valence-electron chi connectivity index (χ2n) is 8.55. The summed E-state index contributed by atoms with van der Waals surface area (Å²) >= 11 is 0. The van der Waals surface area contributed by atoms with Crippen molar-refractivity contribution in [1.82, 2.24) is 10.2 Å². The van der Waals surface area contributed by atoms with E-state index in [1.807, 2.05) is 4.90 Å². The number of nitrogens with one attached hydrogen (secondary N) is 1. The summed E-state index contributed by atoms with van der Waals surface area (Å²) in [5, 5.41) is 13.5. The predicted molar refractivity (Wildman–Crippen MR) is 110 cm³/mol. The zero-order valence-electron chi connectivity index (χ0n) is 17.3. The molecule has 4 amide bonds. The molecule has 0 aromatic heterocycles. The minimum Gasteiger partial charge on any atom is -0.497 e. The van der Waals surface area contributed by atoms with Gasteiger partial charge in [0, 0.05) is 25.4 Å². The molecule has 0 unspecified atom stereocenters. The highest BCUT2D eigenvalue weighted by atomic mass is 16.5. The first-order valence-corrected chi connectivity index (χ1v) is 10.7. The van der Waals surface area contributed by atoms with Gasteiger partial charge in [-0.25, -0.2) is 9.69 Å². The number of likely N-dealkylation sites (tertiary alicyclic amines) is 1. The molecule has 2 N–H and O–H groups in total. The minimum atomic E-state index is -0.708. The first-order valence-electron chi connectivity index (χ1n) is 10.7. The number of nitrogens with zero attached hydrogens (tertiary/aromatic N) is 2. The van der Waals surface area contributed by atoms with E-state index in [1.165, 1.54) is 0 Å². The Morgan fingerprint density at radius 1 is 1.23 bits per heavy atom. The van der Waals surface area contributed by atoms with Gasteiger partial charge >= 0.3 is 6.03 Å². The molecule has 1 aromatic rings. The van der Waals surface area contributed by atoms with Crippen molar-refractivity contribution in [3.63, 3.8) is 0 Å². The molecule has 8 heteroatoms. The van der Waals surface area contributed by atoms with Crippen molar-refractivity contribution in [3.05, 3.63) is 24.3 Å². The number of rotatable bonds is 5. The molecule has 162 valence electrons. The van der Waals surface area contributed by atoms with Crippen LogP contribution in [0, 0.1) is 5.92 Å². The molecule has 1 aliphatic carbocycles. The number of imide groups is 1. The van der Waals surface area contributed by atoms with E-state index in [0.717, 1.165) is 30.6 Å². The smallest absolute Gasteiger partial charge is 0.329 e. The van der Waals surface area contributed by atoms with E-state index >= 15 is 0 Å². The molecular formula is C22H29N3O5. The second kappa shape index (κ2) is 8.26. The van der Waals surface area contributed by atoms with Gasteiger partial charge in [0.15, 0.2) is 0 Å². The fourth-order valence-corrected chi connectivity index (χ4v) is 4.93. The van der Waals surface area contributed by atoms with Gasteiger partial charge in [-0.05, 0) is 49.9 Å². The highest BCUT2D eigenvalue weighted by Gasteiger charge is 2.44. The van der Waals surface area contributed by atoms with Crippen LogP contribution in [0.2, 0.25) is 0 Å². The number of benzene rings is 1. The molecule has 3 fully saturated rings. The molecule has 8 nitrogen and oxygen atoms in total. The van der Waals surface area contributed by atoms with Crippen LogP contribution in [-0.4, -0.2) is 59.7 Å². The number of ether oxygens (including phenoxy) is 1. The molecule has 3 atom stereocenters. The lowest BCUT2D eigenvalue weighted by atomic mass is 9.71. The first-order chi connectivity index (χ1) is 14.4. The lowest BCUT2D eigenvalue weighted by Crippen LogP contribution is -2.54. The van der Waals surface area contributed by atoms with Crippen molar-refractivity contribution in [3.8, 4) is 5.75 Å². The van der Waals surface area contributed by atoms with Crippen LogP contribution in [0.3, 0.4) is 0 Å². The predicted octanol–water partition coefficient (Wildman–Crippen LogP) is 2.05. The number of fused-ring (bicyclic) bond motifs is 1. The fourth-order valence-electron chi connectivity index (χ4n) is 4.93. The SMILES string of the molecule is COc1ccc(N2C(=O)N[C@H](CCC(=O)N3CC[C@]4(O)CCCC[C@H]4C3)C2=O)cc1. The number of carbonyl (C=O) groups excluding carboxylic acids is 3. The van der Waals surface area contributed by atoms with Crippen LogP contribution >= 0.6 is 0 Å². The van der Waals surface area contributed by atoms with Crippen LogP contribution in [0.5, 0.6) is 5.75 Å². The third kappa shape index (κ3) is 3.88. The van der Waals surface area contributed by atoms with E-state index in [1.54, 1.807) is 31.4 Å². The number of piperidine rings is 1. The molecule has 1 saturated carbocycles. The van der Waals surface area contributed by atoms with Crippen molar-refractivity contribution in [2.75, 3.05) is 25.1 Å². The van der Waals surface area contributed by atoms with Crippen LogP contribution in [-0.2, 0) is 9.59 Å². The maximum Gasteiger partial charge on any atom is 0.329 e. The highest BCUT2D eigenvalue weighted by molar-refractivity contribution is 6.21. The van der Waals surface area contributed by atoms with Crippen molar-refractivity contribution < 1.29 is 24.2 Å². The zero-order chi connectivity index (χ0) is 21.3. The molecule has 0 bridgehead atoms. The Hall–Kier alpha value is -2.61. The van der Waals surface area contributed by atoms with Gasteiger partial charge in [0.1, 0.15) is 11.8 Å². The van der Waals surface area contributed by atoms with Crippen molar-refractivity contribution in [1.29, 1.82) is 0 Å². The van der Waals surface area contributed by atoms with Crippen LogP contribution in [0.1, 0.15) is 44.9 Å². The molecule has 1 aromatic carbocycles. The fraction of sp³-hybridized carbons (Fsp3) is 0.591. The average Bonchev–Trinajstić information content (AvgIpc) is 3.04. The summed E-state index contributed by atoms with van der Waals surface area (Å²) in [4.78, 5) is 40.7. The van der Waals surface area contributed by atoms with E-state index in [2.05, 4.69) is 5.32 Å². The van der Waals surface area contributed by atoms with Crippen LogP contribution in [0.4, 0.5) is 10.5 Å². The number of amides is 4. The summed E-state index contributed by atoms with van der Waals surface area (Å²) in [6.45, 7) is 1.13. The van der Waals surface area contributed by atoms with Crippen molar-refractivity contribution in [2.45, 2.75) is 56.6 Å². The van der Waals surface area contributed by atoms with E-state index in [-0.39, 0.29) is 30.6 Å². The Balaban J connectivity index is 1.33. The molecule has 4 rings (SSSR count). The molecule has 2 saturated heterocycles. The minimum absolute atomic E-state index is 0.0208. The molecule has 0 radical (unpaired) electrons. The molecular weight excluding hydrogens is 386 g/mol. The second-order valence-corrected chi connectivity index (χ2v) is 8.55. The average molecular weight is 415 g/mol. The van der Waals surface area contributed by atoms with Gasteiger partial charge < -0.3 is 20.1 Å². The van der Waals surface area contributed by atoms with Crippen LogP contribution in [0.25, 0.3) is 0 Å². The lowest BCUT2D eigenvalue weighted by molar-refractivity contribution is -0.143. The third-order valence-electron chi connectivity index (χ3n) is 6.78. The van der Waals surface area contributed by atoms with Gasteiger partial charge in [0.25, 0.3) is 5.91 Å². The summed E-state index contributed by atoms with van der Waals surface area (Å²) in [5.74, 6) is 0.410. The van der Waals surface area contributed by atoms with E-state index < -0.39 is 17.7 Å². The molecule has 30 heavy (non-hydrogen) atoms. The number of urea groups is 1. The van der Waals surface area contributed by atoms with E-state index in [0.29, 0.717) is 30.9 Å². The maximum absolute atomic E-state index is 12.7. The van der Waals surface area contributed by atoms with Crippen molar-refractivity contribution in [2.24, 2.45) is 5.92 Å². The van der Waals surface area contributed by atoms with Gasteiger partial charge in [0.2, 0.25) is 5.91 Å². The number of hydrogen-bond acceptors (Lipinski definition) is 5. The number of aliphatic hydroxyl groups is 1. The Bertz CT molecular complexity index is 827. The zero-order valence-corrected chi connectivity index (χ0v) is 17.3. The Kier molecular flexibility index (Phi) is 5.69. The number of hydrogen-bond donors (Lipinski definition) is 2. The monoisotopic (exact) mass is 415 g/mol. The quantitative estimate of drug-likeness (QED) is 0.717. The summed E-state index contributed by atoms with van der Waals surface area (Å²) in [5.41, 5.74) is -0.150. The van der Waals surface area contributed by atoms with Crippen LogP contribution < -0.4 is 15.0 Å². The standard InChI is InChI=1S/C22H29N3O5/c1-30-17-7-5-16(6-8-17)25-20(27)18(23-21(25)28)9-10-19(26)24-13-12-22(29)11-3-2-4-15(22)14-24/h5-8,15,18,29H,2-4,9-14H2,1H3,(H,23,28)/t15-,18+,22+/m0/s1. The first kappa shape index (κ1) is 20.7. The van der Waals surface area contributed by atoms with E-state index in [4.69, 9.17) is 4.74 Å². The highest BCUT2D eigenvalue weighted by Crippen LogP contribution is 2.40. The Labute approximate surface area is 176 Å². The number of anilines is 1. The summed E-state index contributed by atoms with van der Waals surface area (Å²) in [7, 11) is 1.55. The normalized spacial score (nSPS) is 28.9. The van der Waals surface area contributed by atoms with Gasteiger partial charge in [-0.1, -0.05) is 12.8 Å². The summed E-state index contributed by atoms with van der Waals surface area (Å²) in [6.07, 6.45) is 5.00. The topological polar surface area (TPSA) is 99.2 Å². The Morgan fingerprint density at radius 2 is 2.00 bits per heavy atom. The molecule has 2 heterocycles. The van der Waals surface area contributed by atoms with Gasteiger partial charge in [-0.2, -0.15) is 0 Å².